The zero-order valence-electron chi connectivity index (χ0n) is 11.1. The molecule has 1 amide bonds. The van der Waals surface area contributed by atoms with Crippen molar-refractivity contribution in [3.05, 3.63) is 29.8 Å². The Bertz CT molecular complexity index is 464. The fourth-order valence-electron chi connectivity index (χ4n) is 2.32. The number of esters is 1. The van der Waals surface area contributed by atoms with E-state index in [2.05, 4.69) is 5.32 Å². The summed E-state index contributed by atoms with van der Waals surface area (Å²) in [6, 6.07) is 7.31. The van der Waals surface area contributed by atoms with Gasteiger partial charge in [-0.05, 0) is 31.4 Å². The molecule has 0 bridgehead atoms. The average Bonchev–Trinajstić information content (AvgIpc) is 2.93. The zero-order valence-corrected chi connectivity index (χ0v) is 11.1. The molecule has 0 aromatic heterocycles. The Hall–Kier alpha value is -1.84. The predicted octanol–water partition coefficient (Wildman–Crippen LogP) is 2.21. The second-order valence-electron chi connectivity index (χ2n) is 4.94. The first kappa shape index (κ1) is 13.6. The highest BCUT2D eigenvalue weighted by Crippen LogP contribution is 2.24. The molecule has 0 aliphatic heterocycles. The molecule has 4 nitrogen and oxygen atoms in total. The number of amides is 1. The van der Waals surface area contributed by atoms with Crippen molar-refractivity contribution in [1.82, 2.24) is 5.32 Å². The first-order chi connectivity index (χ1) is 9.16. The van der Waals surface area contributed by atoms with E-state index in [1.165, 1.54) is 0 Å². The molecule has 0 heterocycles. The van der Waals surface area contributed by atoms with E-state index in [0.29, 0.717) is 5.75 Å². The molecule has 0 radical (unpaired) electrons. The number of hydrogen-bond donors (Lipinski definition) is 1. The van der Waals surface area contributed by atoms with E-state index in [1.807, 2.05) is 25.1 Å². The fraction of sp³-hybridized carbons (Fsp3) is 0.467. The largest absolute Gasteiger partial charge is 0.425 e. The Labute approximate surface area is 113 Å². The lowest BCUT2D eigenvalue weighted by Gasteiger charge is -2.10. The third-order valence-electron chi connectivity index (χ3n) is 3.45. The molecule has 0 atom stereocenters. The van der Waals surface area contributed by atoms with Gasteiger partial charge in [-0.2, -0.15) is 0 Å². The third-order valence-corrected chi connectivity index (χ3v) is 3.45. The normalized spacial score (nSPS) is 15.2. The summed E-state index contributed by atoms with van der Waals surface area (Å²) in [7, 11) is 0. The number of carbonyl (C=O) groups excluding carboxylic acids is 2. The van der Waals surface area contributed by atoms with E-state index in [1.54, 1.807) is 6.07 Å². The summed E-state index contributed by atoms with van der Waals surface area (Å²) in [5.74, 6) is 0.161. The molecule has 102 valence electrons. The summed E-state index contributed by atoms with van der Waals surface area (Å²) in [5.41, 5.74) is 0.901. The van der Waals surface area contributed by atoms with Crippen molar-refractivity contribution < 1.29 is 14.3 Å². The number of nitrogens with one attached hydrogen (secondary N) is 1. The lowest BCUT2D eigenvalue weighted by atomic mass is 10.1. The van der Waals surface area contributed by atoms with E-state index in [0.717, 1.165) is 31.2 Å². The number of para-hydroxylation sites is 1. The molecule has 0 spiro atoms. The van der Waals surface area contributed by atoms with Crippen molar-refractivity contribution in [1.29, 1.82) is 0 Å². The first-order valence-electron chi connectivity index (χ1n) is 6.71. The SMILES string of the molecule is Cc1ccccc1OC(=O)CNC(=O)C1CCCC1. The van der Waals surface area contributed by atoms with Gasteiger partial charge < -0.3 is 10.1 Å². The van der Waals surface area contributed by atoms with E-state index < -0.39 is 5.97 Å². The quantitative estimate of drug-likeness (QED) is 0.668. The second-order valence-corrected chi connectivity index (χ2v) is 4.94. The first-order valence-corrected chi connectivity index (χ1v) is 6.71. The molecule has 2 rings (SSSR count). The highest BCUT2D eigenvalue weighted by atomic mass is 16.5. The smallest absolute Gasteiger partial charge is 0.330 e. The molecule has 0 unspecified atom stereocenters. The molecule has 1 aliphatic rings. The molecule has 1 fully saturated rings. The van der Waals surface area contributed by atoms with Gasteiger partial charge in [0.05, 0.1) is 0 Å². The summed E-state index contributed by atoms with van der Waals surface area (Å²) in [5, 5.41) is 2.65. The molecule has 0 saturated heterocycles. The van der Waals surface area contributed by atoms with Crippen molar-refractivity contribution in [3.8, 4) is 5.75 Å². The van der Waals surface area contributed by atoms with Crippen molar-refractivity contribution in [2.24, 2.45) is 5.92 Å². The summed E-state index contributed by atoms with van der Waals surface area (Å²) < 4.78 is 5.20. The molecule has 1 N–H and O–H groups in total. The van der Waals surface area contributed by atoms with Crippen LogP contribution in [0.3, 0.4) is 0 Å². The van der Waals surface area contributed by atoms with Crippen LogP contribution in [0, 0.1) is 12.8 Å². The van der Waals surface area contributed by atoms with E-state index in [4.69, 9.17) is 4.74 Å². The van der Waals surface area contributed by atoms with Gasteiger partial charge in [0, 0.05) is 5.92 Å². The minimum absolute atomic E-state index is 0.0285. The molecule has 1 aliphatic carbocycles. The summed E-state index contributed by atoms with van der Waals surface area (Å²) in [6.07, 6.45) is 4.06. The maximum absolute atomic E-state index is 11.8. The van der Waals surface area contributed by atoms with Crippen LogP contribution < -0.4 is 10.1 Å². The van der Waals surface area contributed by atoms with Crippen LogP contribution in [0.5, 0.6) is 5.75 Å². The van der Waals surface area contributed by atoms with Gasteiger partial charge in [-0.15, -0.1) is 0 Å². The van der Waals surface area contributed by atoms with Crippen LogP contribution in [0.1, 0.15) is 31.2 Å². The molecule has 1 saturated carbocycles. The lowest BCUT2D eigenvalue weighted by Crippen LogP contribution is -2.35. The fourth-order valence-corrected chi connectivity index (χ4v) is 2.32. The number of carbonyl (C=O) groups is 2. The highest BCUT2D eigenvalue weighted by molar-refractivity contribution is 5.84. The number of rotatable bonds is 4. The second kappa shape index (κ2) is 6.36. The number of aryl methyl sites for hydroxylation is 1. The van der Waals surface area contributed by atoms with Crippen LogP contribution in [0.15, 0.2) is 24.3 Å². The molecule has 4 heteroatoms. The van der Waals surface area contributed by atoms with Crippen molar-refractivity contribution in [2.75, 3.05) is 6.54 Å². The van der Waals surface area contributed by atoms with Crippen LogP contribution in [0.2, 0.25) is 0 Å². The Morgan fingerprint density at radius 2 is 1.95 bits per heavy atom. The van der Waals surface area contributed by atoms with Gasteiger partial charge in [0.2, 0.25) is 5.91 Å². The van der Waals surface area contributed by atoms with Crippen LogP contribution in [0.4, 0.5) is 0 Å². The summed E-state index contributed by atoms with van der Waals surface area (Å²) in [4.78, 5) is 23.4. The Morgan fingerprint density at radius 3 is 2.63 bits per heavy atom. The van der Waals surface area contributed by atoms with Crippen molar-refractivity contribution in [3.63, 3.8) is 0 Å². The van der Waals surface area contributed by atoms with E-state index in [9.17, 15) is 9.59 Å². The standard InChI is InChI=1S/C15H19NO3/c1-11-6-2-5-9-13(11)19-14(17)10-16-15(18)12-7-3-4-8-12/h2,5-6,9,12H,3-4,7-8,10H2,1H3,(H,16,18). The summed E-state index contributed by atoms with van der Waals surface area (Å²) >= 11 is 0. The number of hydrogen-bond acceptors (Lipinski definition) is 3. The predicted molar refractivity (Wildman–Crippen MR) is 71.8 cm³/mol. The van der Waals surface area contributed by atoms with Crippen LogP contribution >= 0.6 is 0 Å². The van der Waals surface area contributed by atoms with Crippen molar-refractivity contribution >= 4 is 11.9 Å². The minimum Gasteiger partial charge on any atom is -0.425 e. The van der Waals surface area contributed by atoms with Crippen LogP contribution in [-0.2, 0) is 9.59 Å². The Morgan fingerprint density at radius 1 is 1.26 bits per heavy atom. The molecule has 1 aromatic carbocycles. The van der Waals surface area contributed by atoms with Gasteiger partial charge in [-0.25, -0.2) is 4.79 Å². The Kier molecular flexibility index (Phi) is 4.55. The van der Waals surface area contributed by atoms with E-state index in [-0.39, 0.29) is 18.4 Å². The maximum atomic E-state index is 11.8. The van der Waals surface area contributed by atoms with Crippen LogP contribution in [-0.4, -0.2) is 18.4 Å². The van der Waals surface area contributed by atoms with Gasteiger partial charge in [0.15, 0.2) is 0 Å². The Balaban J connectivity index is 1.78. The van der Waals surface area contributed by atoms with E-state index >= 15 is 0 Å². The lowest BCUT2D eigenvalue weighted by molar-refractivity contribution is -0.136. The third kappa shape index (κ3) is 3.81. The van der Waals surface area contributed by atoms with Gasteiger partial charge in [-0.3, -0.25) is 4.79 Å². The molecular formula is C15H19NO3. The molecule has 19 heavy (non-hydrogen) atoms. The van der Waals surface area contributed by atoms with Gasteiger partial charge in [-0.1, -0.05) is 31.0 Å². The highest BCUT2D eigenvalue weighted by Gasteiger charge is 2.22. The topological polar surface area (TPSA) is 55.4 Å². The molecular weight excluding hydrogens is 242 g/mol. The minimum atomic E-state index is -0.430. The molecule has 1 aromatic rings. The monoisotopic (exact) mass is 261 g/mol. The van der Waals surface area contributed by atoms with Gasteiger partial charge in [0.25, 0.3) is 0 Å². The number of benzene rings is 1. The maximum Gasteiger partial charge on any atom is 0.330 e. The zero-order chi connectivity index (χ0) is 13.7. The average molecular weight is 261 g/mol. The number of ether oxygens (including phenoxy) is 1. The van der Waals surface area contributed by atoms with Gasteiger partial charge >= 0.3 is 5.97 Å². The van der Waals surface area contributed by atoms with Gasteiger partial charge in [0.1, 0.15) is 12.3 Å². The van der Waals surface area contributed by atoms with Crippen LogP contribution in [0.25, 0.3) is 0 Å². The summed E-state index contributed by atoms with van der Waals surface area (Å²) in [6.45, 7) is 1.81. The van der Waals surface area contributed by atoms with Crippen molar-refractivity contribution in [2.45, 2.75) is 32.6 Å².